The Balaban J connectivity index is 1.49. The van der Waals surface area contributed by atoms with Gasteiger partial charge in [0.1, 0.15) is 0 Å². The lowest BCUT2D eigenvalue weighted by molar-refractivity contribution is -0.145. The zero-order valence-electron chi connectivity index (χ0n) is 17.8. The van der Waals surface area contributed by atoms with Crippen molar-refractivity contribution in [2.75, 3.05) is 0 Å². The number of benzene rings is 3. The summed E-state index contributed by atoms with van der Waals surface area (Å²) >= 11 is 6.04. The van der Waals surface area contributed by atoms with Crippen LogP contribution in [0.2, 0.25) is 5.02 Å². The Labute approximate surface area is 200 Å². The van der Waals surface area contributed by atoms with Crippen molar-refractivity contribution in [1.29, 1.82) is 0 Å². The summed E-state index contributed by atoms with van der Waals surface area (Å²) in [6, 6.07) is 22.2. The van der Waals surface area contributed by atoms with E-state index in [0.29, 0.717) is 10.6 Å². The third-order valence-corrected chi connectivity index (χ3v) is 7.24. The van der Waals surface area contributed by atoms with Gasteiger partial charge in [-0.15, -0.1) is 0 Å². The second-order valence-electron chi connectivity index (χ2n) is 8.78. The number of hydrogen-bond acceptors (Lipinski definition) is 5. The minimum absolute atomic E-state index is 0.0598. The number of likely N-dealkylation sites (tertiary alicyclic amines) is 1. The van der Waals surface area contributed by atoms with Gasteiger partial charge in [0.15, 0.2) is 0 Å². The number of amides is 2. The number of imide groups is 1. The normalized spacial score (nSPS) is 24.7. The van der Waals surface area contributed by atoms with Gasteiger partial charge in [0.05, 0.1) is 24.5 Å². The maximum Gasteiger partial charge on any atom is 0.237 e. The van der Waals surface area contributed by atoms with Gasteiger partial charge in [0, 0.05) is 16.1 Å². The van der Waals surface area contributed by atoms with Crippen molar-refractivity contribution in [1.82, 2.24) is 4.90 Å². The predicted molar refractivity (Wildman–Crippen MR) is 122 cm³/mol. The van der Waals surface area contributed by atoms with Crippen molar-refractivity contribution in [3.63, 3.8) is 0 Å². The summed E-state index contributed by atoms with van der Waals surface area (Å²) < 4.78 is 6.24. The van der Waals surface area contributed by atoms with Gasteiger partial charge >= 0.3 is 0 Å². The van der Waals surface area contributed by atoms with Crippen LogP contribution in [0.1, 0.15) is 37.9 Å². The molecular weight excluding hydrogens is 454 g/mol. The molecule has 2 fully saturated rings. The highest BCUT2D eigenvalue weighted by atomic mass is 35.5. The van der Waals surface area contributed by atoms with Gasteiger partial charge < -0.3 is 4.74 Å². The summed E-state index contributed by atoms with van der Waals surface area (Å²) in [6.07, 6.45) is -0.943. The quantitative estimate of drug-likeness (QED) is 0.425. The maximum absolute atomic E-state index is 13.7. The van der Waals surface area contributed by atoms with Crippen LogP contribution in [0.5, 0.6) is 0 Å². The molecule has 0 aromatic heterocycles. The molecule has 7 heteroatoms. The second kappa shape index (κ2) is 7.45. The molecule has 1 spiro atoms. The first-order chi connectivity index (χ1) is 16.4. The molecule has 3 atom stereocenters. The van der Waals surface area contributed by atoms with Crippen molar-refractivity contribution >= 4 is 35.0 Å². The van der Waals surface area contributed by atoms with Crippen molar-refractivity contribution in [2.45, 2.75) is 18.2 Å². The lowest BCUT2D eigenvalue weighted by atomic mass is 9.77. The number of carbonyl (C=O) groups is 4. The zero-order chi connectivity index (χ0) is 23.6. The molecule has 34 heavy (non-hydrogen) atoms. The largest absolute Gasteiger partial charge is 0.349 e. The minimum atomic E-state index is -2.06. The molecule has 6 nitrogen and oxygen atoms in total. The molecule has 1 aliphatic carbocycles. The number of rotatable bonds is 3. The van der Waals surface area contributed by atoms with Crippen LogP contribution >= 0.6 is 11.6 Å². The van der Waals surface area contributed by atoms with Crippen molar-refractivity contribution in [3.8, 4) is 0 Å². The molecule has 2 heterocycles. The molecule has 2 amide bonds. The van der Waals surface area contributed by atoms with Crippen LogP contribution in [0.4, 0.5) is 0 Å². The smallest absolute Gasteiger partial charge is 0.237 e. The van der Waals surface area contributed by atoms with Crippen LogP contribution in [0.25, 0.3) is 0 Å². The van der Waals surface area contributed by atoms with Crippen LogP contribution < -0.4 is 0 Å². The first kappa shape index (κ1) is 21.0. The average Bonchev–Trinajstić information content (AvgIpc) is 3.41. The summed E-state index contributed by atoms with van der Waals surface area (Å²) in [6.45, 7) is 0.0598. The molecular formula is C27H18ClNO5. The highest BCUT2D eigenvalue weighted by molar-refractivity contribution is 6.35. The standard InChI is InChI=1S/C27H18ClNO5/c28-17-12-10-16(11-13-17)22-20-21(26(33)29(25(20)32)14-15-6-2-1-3-7-15)27(34-22)23(30)18-8-4-5-9-19(18)24(27)31/h1-13,20-22H,14H2/t20-,21+,22-/m1/s1. The van der Waals surface area contributed by atoms with Crippen LogP contribution in [0.3, 0.4) is 0 Å². The molecule has 0 unspecified atom stereocenters. The number of carbonyl (C=O) groups excluding carboxylic acids is 4. The predicted octanol–water partition coefficient (Wildman–Crippen LogP) is 4.03. The van der Waals surface area contributed by atoms with Gasteiger partial charge in [-0.2, -0.15) is 0 Å². The van der Waals surface area contributed by atoms with Crippen LogP contribution in [0, 0.1) is 11.8 Å². The summed E-state index contributed by atoms with van der Waals surface area (Å²) in [5, 5.41) is 0.493. The van der Waals surface area contributed by atoms with Crippen LogP contribution in [-0.4, -0.2) is 33.9 Å². The van der Waals surface area contributed by atoms with Gasteiger partial charge in [-0.3, -0.25) is 24.1 Å². The zero-order valence-corrected chi connectivity index (χ0v) is 18.6. The Morgan fingerprint density at radius 3 is 1.97 bits per heavy atom. The molecule has 0 bridgehead atoms. The fourth-order valence-electron chi connectivity index (χ4n) is 5.45. The van der Waals surface area contributed by atoms with Crippen molar-refractivity contribution in [3.05, 3.63) is 106 Å². The van der Waals surface area contributed by atoms with E-state index < -0.39 is 46.9 Å². The van der Waals surface area contributed by atoms with Gasteiger partial charge in [-0.25, -0.2) is 0 Å². The highest BCUT2D eigenvalue weighted by Crippen LogP contribution is 2.57. The van der Waals surface area contributed by atoms with E-state index >= 15 is 0 Å². The Morgan fingerprint density at radius 1 is 0.765 bits per heavy atom. The number of halogens is 1. The number of nitrogens with zero attached hydrogens (tertiary/aromatic N) is 1. The van der Waals surface area contributed by atoms with Gasteiger partial charge in [0.2, 0.25) is 29.0 Å². The second-order valence-corrected chi connectivity index (χ2v) is 9.22. The Hall–Kier alpha value is -3.61. The fraction of sp³-hybridized carbons (Fsp3) is 0.185. The molecule has 0 radical (unpaired) electrons. The van der Waals surface area contributed by atoms with Crippen molar-refractivity contribution < 1.29 is 23.9 Å². The highest BCUT2D eigenvalue weighted by Gasteiger charge is 2.74. The Kier molecular flexibility index (Phi) is 4.59. The molecule has 2 aliphatic heterocycles. The SMILES string of the molecule is O=C1[C@H]2[C@@H](c3ccc(Cl)cc3)OC3(C(=O)c4ccccc4C3=O)[C@@H]2C(=O)N1Cc1ccccc1. The van der Waals surface area contributed by atoms with Crippen LogP contribution in [-0.2, 0) is 20.9 Å². The summed E-state index contributed by atoms with van der Waals surface area (Å²) in [5.41, 5.74) is -0.281. The lowest BCUT2D eigenvalue weighted by Crippen LogP contribution is -2.50. The number of Topliss-reactive ketones (excluding diaryl/α,β-unsaturated/α-hetero) is 2. The first-order valence-corrected chi connectivity index (χ1v) is 11.3. The minimum Gasteiger partial charge on any atom is -0.349 e. The van der Waals surface area contributed by atoms with E-state index in [4.69, 9.17) is 16.3 Å². The summed E-state index contributed by atoms with van der Waals surface area (Å²) in [7, 11) is 0. The first-order valence-electron chi connectivity index (χ1n) is 10.9. The molecule has 2 saturated heterocycles. The lowest BCUT2D eigenvalue weighted by Gasteiger charge is -2.27. The molecule has 3 aromatic rings. The fourth-order valence-corrected chi connectivity index (χ4v) is 5.58. The summed E-state index contributed by atoms with van der Waals surface area (Å²) in [4.78, 5) is 55.9. The third-order valence-electron chi connectivity index (χ3n) is 6.99. The monoisotopic (exact) mass is 471 g/mol. The number of fused-ring (bicyclic) bond motifs is 3. The van der Waals surface area contributed by atoms with Crippen molar-refractivity contribution in [2.24, 2.45) is 11.8 Å². The van der Waals surface area contributed by atoms with Gasteiger partial charge in [-0.05, 0) is 23.3 Å². The van der Waals surface area contributed by atoms with E-state index in [1.54, 1.807) is 48.5 Å². The van der Waals surface area contributed by atoms with E-state index in [9.17, 15) is 19.2 Å². The molecule has 0 saturated carbocycles. The topological polar surface area (TPSA) is 80.8 Å². The summed E-state index contributed by atoms with van der Waals surface area (Å²) in [5.74, 6) is -4.39. The molecule has 168 valence electrons. The number of ether oxygens (including phenoxy) is 1. The Bertz CT molecular complexity index is 1330. The van der Waals surface area contributed by atoms with E-state index in [2.05, 4.69) is 0 Å². The van der Waals surface area contributed by atoms with Crippen LogP contribution in [0.15, 0.2) is 78.9 Å². The molecule has 0 N–H and O–H groups in total. The van der Waals surface area contributed by atoms with E-state index in [1.807, 2.05) is 30.3 Å². The third kappa shape index (κ3) is 2.73. The van der Waals surface area contributed by atoms with E-state index in [-0.39, 0.29) is 17.7 Å². The van der Waals surface area contributed by atoms with E-state index in [1.165, 1.54) is 0 Å². The molecule has 6 rings (SSSR count). The van der Waals surface area contributed by atoms with Gasteiger partial charge in [-0.1, -0.05) is 78.3 Å². The average molecular weight is 472 g/mol. The number of hydrogen-bond donors (Lipinski definition) is 0. The number of ketones is 2. The molecule has 3 aromatic carbocycles. The Morgan fingerprint density at radius 2 is 1.35 bits per heavy atom. The van der Waals surface area contributed by atoms with Gasteiger partial charge in [0.25, 0.3) is 0 Å². The van der Waals surface area contributed by atoms with E-state index in [0.717, 1.165) is 10.5 Å². The molecule has 3 aliphatic rings. The maximum atomic E-state index is 13.7.